The van der Waals surface area contributed by atoms with Crippen LogP contribution in [0.2, 0.25) is 0 Å². The van der Waals surface area contributed by atoms with Crippen molar-refractivity contribution in [1.82, 2.24) is 10.6 Å². The molecule has 7 heteroatoms. The molecular weight excluding hydrogens is 377 g/mol. The van der Waals surface area contributed by atoms with Gasteiger partial charge in [-0.2, -0.15) is 11.8 Å². The Labute approximate surface area is 138 Å². The predicted octanol–water partition coefficient (Wildman–Crippen LogP) is 1.58. The van der Waals surface area contributed by atoms with Gasteiger partial charge in [0.2, 0.25) is 0 Å². The van der Waals surface area contributed by atoms with Gasteiger partial charge in [0.25, 0.3) is 0 Å². The minimum Gasteiger partial charge on any atom is -0.382 e. The second-order valence-electron chi connectivity index (χ2n) is 3.64. The lowest BCUT2D eigenvalue weighted by atomic mass is 10.4. The lowest BCUT2D eigenvalue weighted by Crippen LogP contribution is -2.38. The van der Waals surface area contributed by atoms with Crippen LogP contribution in [0, 0.1) is 0 Å². The molecule has 0 radical (unpaired) electrons. The Kier molecular flexibility index (Phi) is 20.7. The first-order valence-corrected chi connectivity index (χ1v) is 7.82. The topological polar surface area (TPSA) is 54.9 Å². The smallest absolute Gasteiger partial charge is 0.191 e. The van der Waals surface area contributed by atoms with E-state index in [1.54, 1.807) is 7.11 Å². The molecule has 0 aromatic carbocycles. The monoisotopic (exact) mass is 405 g/mol. The Morgan fingerprint density at radius 1 is 1.21 bits per heavy atom. The fourth-order valence-corrected chi connectivity index (χ4v) is 1.52. The maximum absolute atomic E-state index is 5.38. The maximum atomic E-state index is 5.38. The number of rotatable bonds is 11. The summed E-state index contributed by atoms with van der Waals surface area (Å²) in [5.41, 5.74) is 0. The summed E-state index contributed by atoms with van der Waals surface area (Å²) in [4.78, 5) is 4.48. The van der Waals surface area contributed by atoms with Crippen molar-refractivity contribution < 1.29 is 9.47 Å². The predicted molar refractivity (Wildman–Crippen MR) is 95.1 cm³/mol. The Morgan fingerprint density at radius 2 is 2.00 bits per heavy atom. The highest BCUT2D eigenvalue weighted by Crippen LogP contribution is 1.88. The summed E-state index contributed by atoms with van der Waals surface area (Å²) in [5.74, 6) is 1.98. The number of guanidine groups is 1. The summed E-state index contributed by atoms with van der Waals surface area (Å²) >= 11 is 1.82. The average Bonchev–Trinajstić information content (AvgIpc) is 2.38. The first-order chi connectivity index (χ1) is 8.85. The van der Waals surface area contributed by atoms with Crippen molar-refractivity contribution in [1.29, 1.82) is 0 Å². The van der Waals surface area contributed by atoms with E-state index >= 15 is 0 Å². The number of halogens is 1. The van der Waals surface area contributed by atoms with Gasteiger partial charge in [-0.05, 0) is 19.6 Å². The molecule has 0 unspecified atom stereocenters. The summed E-state index contributed by atoms with van der Waals surface area (Å²) in [5, 5.41) is 6.51. The number of thioether (sulfide) groups is 1. The molecule has 116 valence electrons. The maximum Gasteiger partial charge on any atom is 0.191 e. The molecule has 0 aliphatic rings. The van der Waals surface area contributed by atoms with Crippen molar-refractivity contribution >= 4 is 41.7 Å². The molecule has 0 bridgehead atoms. The third-order valence-electron chi connectivity index (χ3n) is 2.09. The quantitative estimate of drug-likeness (QED) is 0.237. The van der Waals surface area contributed by atoms with Gasteiger partial charge in [0, 0.05) is 39.1 Å². The number of methoxy groups -OCH3 is 1. The summed E-state index contributed by atoms with van der Waals surface area (Å²) in [6.07, 6.45) is 3.03. The molecule has 0 atom stereocenters. The second-order valence-corrected chi connectivity index (χ2v) is 4.62. The van der Waals surface area contributed by atoms with Gasteiger partial charge >= 0.3 is 0 Å². The number of hydrogen-bond donors (Lipinski definition) is 2. The number of aliphatic imine (C=N–C) groups is 1. The fourth-order valence-electron chi connectivity index (χ4n) is 1.22. The zero-order chi connectivity index (χ0) is 13.5. The summed E-state index contributed by atoms with van der Waals surface area (Å²) in [7, 11) is 1.68. The zero-order valence-electron chi connectivity index (χ0n) is 12.2. The summed E-state index contributed by atoms with van der Waals surface area (Å²) < 4.78 is 10.3. The molecule has 0 amide bonds. The Morgan fingerprint density at radius 3 is 2.63 bits per heavy atom. The van der Waals surface area contributed by atoms with E-state index in [9.17, 15) is 0 Å². The van der Waals surface area contributed by atoms with Crippen molar-refractivity contribution in [2.24, 2.45) is 4.99 Å². The zero-order valence-corrected chi connectivity index (χ0v) is 15.4. The van der Waals surface area contributed by atoms with Crippen LogP contribution in [0.5, 0.6) is 0 Å². The molecule has 0 rings (SSSR count). The highest BCUT2D eigenvalue weighted by molar-refractivity contribution is 14.0. The summed E-state index contributed by atoms with van der Waals surface area (Å²) in [6.45, 7) is 6.72. The van der Waals surface area contributed by atoms with Gasteiger partial charge in [-0.25, -0.2) is 0 Å². The number of ether oxygens (including phenoxy) is 2. The molecule has 0 spiro atoms. The minimum absolute atomic E-state index is 0. The van der Waals surface area contributed by atoms with E-state index in [1.807, 2.05) is 11.8 Å². The lowest BCUT2D eigenvalue weighted by Gasteiger charge is -2.10. The highest BCUT2D eigenvalue weighted by Gasteiger charge is 1.95. The van der Waals surface area contributed by atoms with Crippen molar-refractivity contribution in [3.63, 3.8) is 0 Å². The van der Waals surface area contributed by atoms with Crippen LogP contribution in [0.25, 0.3) is 0 Å². The molecule has 19 heavy (non-hydrogen) atoms. The van der Waals surface area contributed by atoms with Crippen LogP contribution in [0.4, 0.5) is 0 Å². The van der Waals surface area contributed by atoms with E-state index in [2.05, 4.69) is 28.8 Å². The molecule has 0 aromatic heterocycles. The third-order valence-corrected chi connectivity index (χ3v) is 2.70. The first kappa shape index (κ1) is 21.6. The van der Waals surface area contributed by atoms with Gasteiger partial charge < -0.3 is 20.1 Å². The Hall–Kier alpha value is 0.270. The van der Waals surface area contributed by atoms with Crippen molar-refractivity contribution in [2.75, 3.05) is 58.6 Å². The second kappa shape index (κ2) is 18.3. The highest BCUT2D eigenvalue weighted by atomic mass is 127. The van der Waals surface area contributed by atoms with Crippen molar-refractivity contribution in [3.8, 4) is 0 Å². The van der Waals surface area contributed by atoms with Crippen LogP contribution in [-0.4, -0.2) is 64.5 Å². The van der Waals surface area contributed by atoms with E-state index < -0.39 is 0 Å². The normalized spacial score (nSPS) is 11.0. The van der Waals surface area contributed by atoms with E-state index in [0.29, 0.717) is 13.2 Å². The van der Waals surface area contributed by atoms with E-state index in [0.717, 1.165) is 44.4 Å². The molecule has 0 aromatic rings. The molecule has 0 fully saturated rings. The van der Waals surface area contributed by atoms with Crippen LogP contribution < -0.4 is 10.6 Å². The molecule has 0 aliphatic carbocycles. The van der Waals surface area contributed by atoms with Crippen LogP contribution in [0.1, 0.15) is 13.3 Å². The fraction of sp³-hybridized carbons (Fsp3) is 0.917. The van der Waals surface area contributed by atoms with E-state index in [-0.39, 0.29) is 24.0 Å². The van der Waals surface area contributed by atoms with Gasteiger partial charge in [-0.1, -0.05) is 0 Å². The van der Waals surface area contributed by atoms with Crippen LogP contribution in [0.3, 0.4) is 0 Å². The van der Waals surface area contributed by atoms with Gasteiger partial charge in [0.1, 0.15) is 0 Å². The number of nitrogens with zero attached hydrogens (tertiary/aromatic N) is 1. The van der Waals surface area contributed by atoms with Gasteiger partial charge in [-0.15, -0.1) is 24.0 Å². The third kappa shape index (κ3) is 16.2. The molecule has 0 aliphatic heterocycles. The van der Waals surface area contributed by atoms with E-state index in [4.69, 9.17) is 9.47 Å². The van der Waals surface area contributed by atoms with Gasteiger partial charge in [-0.3, -0.25) is 4.99 Å². The minimum atomic E-state index is 0. The summed E-state index contributed by atoms with van der Waals surface area (Å²) in [6, 6.07) is 0. The average molecular weight is 405 g/mol. The molecule has 0 heterocycles. The molecule has 0 saturated heterocycles. The largest absolute Gasteiger partial charge is 0.382 e. The Balaban J connectivity index is 0. The van der Waals surface area contributed by atoms with Crippen LogP contribution in [0.15, 0.2) is 4.99 Å². The van der Waals surface area contributed by atoms with E-state index in [1.165, 1.54) is 0 Å². The first-order valence-electron chi connectivity index (χ1n) is 6.43. The van der Waals surface area contributed by atoms with Gasteiger partial charge in [0.15, 0.2) is 5.96 Å². The number of hydrogen-bond acceptors (Lipinski definition) is 4. The number of nitrogens with one attached hydrogen (secondary N) is 2. The standard InChI is InChI=1S/C12H27N3O2S.HI/c1-4-13-12(15-7-11-18-3)14-6-5-8-17-10-9-16-2;/h4-11H2,1-3H3,(H2,13,14,15);1H. The SMILES string of the molecule is CCNC(=NCCCOCCOC)NCCSC.I. The van der Waals surface area contributed by atoms with Crippen LogP contribution in [-0.2, 0) is 9.47 Å². The van der Waals surface area contributed by atoms with Crippen molar-refractivity contribution in [3.05, 3.63) is 0 Å². The lowest BCUT2D eigenvalue weighted by molar-refractivity contribution is 0.0702. The molecule has 5 nitrogen and oxygen atoms in total. The molecule has 0 saturated carbocycles. The Bertz CT molecular complexity index is 209. The van der Waals surface area contributed by atoms with Crippen LogP contribution >= 0.6 is 35.7 Å². The van der Waals surface area contributed by atoms with Gasteiger partial charge in [0.05, 0.1) is 13.2 Å². The van der Waals surface area contributed by atoms with Crippen molar-refractivity contribution in [2.45, 2.75) is 13.3 Å². The molecule has 2 N–H and O–H groups in total. The molecular formula is C12H28IN3O2S.